The number of hydrogen-bond donors (Lipinski definition) is 2. The molecule has 1 heterocycles. The van der Waals surface area contributed by atoms with E-state index in [4.69, 9.17) is 5.73 Å². The molecule has 2 rings (SSSR count). The minimum atomic E-state index is -0.00836. The number of nitrogens with two attached hydrogens (primary N) is 1. The topological polar surface area (TPSA) is 57.1 Å². The second-order valence-corrected chi connectivity index (χ2v) is 5.05. The highest BCUT2D eigenvalue weighted by Gasteiger charge is 2.61. The van der Waals surface area contributed by atoms with Crippen LogP contribution in [0.15, 0.2) is 0 Å². The van der Waals surface area contributed by atoms with E-state index in [0.717, 1.165) is 12.8 Å². The molecule has 2 atom stereocenters. The van der Waals surface area contributed by atoms with Crippen molar-refractivity contribution in [1.82, 2.24) is 0 Å². The summed E-state index contributed by atoms with van der Waals surface area (Å²) in [5.41, 5.74) is 5.91. The van der Waals surface area contributed by atoms with Crippen LogP contribution < -0.4 is 10.7 Å². The Hall–Kier alpha value is -0.860. The van der Waals surface area contributed by atoms with Gasteiger partial charge in [-0.05, 0) is 25.2 Å². The van der Waals surface area contributed by atoms with E-state index in [-0.39, 0.29) is 22.7 Å². The van der Waals surface area contributed by atoms with Crippen molar-refractivity contribution in [3.8, 4) is 0 Å². The van der Waals surface area contributed by atoms with Gasteiger partial charge < -0.3 is 0 Å². The molecular weight excluding hydrogens is 164 g/mol. The van der Waals surface area contributed by atoms with Crippen molar-refractivity contribution >= 4 is 11.7 Å². The molecule has 0 unspecified atom stereocenters. The molecule has 1 amide bonds. The van der Waals surface area contributed by atoms with Crippen molar-refractivity contribution in [2.45, 2.75) is 33.6 Å². The van der Waals surface area contributed by atoms with E-state index in [1.165, 1.54) is 0 Å². The normalized spacial score (nSPS) is 41.9. The monoisotopic (exact) mass is 181 g/mol. The van der Waals surface area contributed by atoms with Gasteiger partial charge in [0.05, 0.1) is 11.3 Å². The number of amidine groups is 1. The largest absolute Gasteiger partial charge is 0.310 e. The molecule has 3 nitrogen and oxygen atoms in total. The number of rotatable bonds is 0. The quantitative estimate of drug-likeness (QED) is 0.524. The first-order valence-corrected chi connectivity index (χ1v) is 4.83. The third kappa shape index (κ3) is 0.798. The average Bonchev–Trinajstić information content (AvgIpc) is 2.16. The smallest absolute Gasteiger partial charge is 0.290 e. The van der Waals surface area contributed by atoms with Crippen LogP contribution in [0.1, 0.15) is 33.6 Å². The standard InChI is InChI=1S/C10H16N2O/c1-9(2)6-4-5-10(9,3)8(11)12-7(6)13/h6H,4-5H2,1-3H3,(H2,11,12,13)/p+1/t6-,10+/m0/s1. The Morgan fingerprint density at radius 1 is 1.46 bits per heavy atom. The van der Waals surface area contributed by atoms with Crippen molar-refractivity contribution in [1.29, 1.82) is 0 Å². The maximum Gasteiger partial charge on any atom is 0.310 e. The number of carbonyl (C=O) groups excluding carboxylic acids is 1. The Morgan fingerprint density at radius 3 is 2.69 bits per heavy atom. The van der Waals surface area contributed by atoms with Crippen LogP contribution in [0.5, 0.6) is 0 Å². The van der Waals surface area contributed by atoms with Gasteiger partial charge in [-0.1, -0.05) is 13.8 Å². The van der Waals surface area contributed by atoms with Gasteiger partial charge in [-0.15, -0.1) is 0 Å². The fourth-order valence-electron chi connectivity index (χ4n) is 2.80. The molecule has 1 aliphatic heterocycles. The Morgan fingerprint density at radius 2 is 2.08 bits per heavy atom. The van der Waals surface area contributed by atoms with E-state index in [1.807, 2.05) is 0 Å². The van der Waals surface area contributed by atoms with E-state index in [1.54, 1.807) is 0 Å². The molecule has 3 heteroatoms. The van der Waals surface area contributed by atoms with E-state index in [0.29, 0.717) is 5.84 Å². The predicted molar refractivity (Wildman–Crippen MR) is 49.8 cm³/mol. The van der Waals surface area contributed by atoms with Gasteiger partial charge in [0.15, 0.2) is 0 Å². The van der Waals surface area contributed by atoms with Crippen molar-refractivity contribution < 1.29 is 9.79 Å². The minimum Gasteiger partial charge on any atom is -0.290 e. The molecule has 13 heavy (non-hydrogen) atoms. The fourth-order valence-corrected chi connectivity index (χ4v) is 2.80. The average molecular weight is 181 g/mol. The lowest BCUT2D eigenvalue weighted by Gasteiger charge is -2.39. The Kier molecular flexibility index (Phi) is 1.44. The first-order chi connectivity index (χ1) is 5.89. The second-order valence-electron chi connectivity index (χ2n) is 5.05. The molecule has 0 aromatic heterocycles. The fraction of sp³-hybridized carbons (Fsp3) is 0.800. The van der Waals surface area contributed by atoms with Crippen molar-refractivity contribution in [3.63, 3.8) is 0 Å². The second kappa shape index (κ2) is 2.14. The number of fused-ring (bicyclic) bond motifs is 2. The number of nitrogens with one attached hydrogen (secondary N) is 1. The molecule has 0 aromatic rings. The van der Waals surface area contributed by atoms with E-state index >= 15 is 0 Å². The summed E-state index contributed by atoms with van der Waals surface area (Å²) in [5.74, 6) is 0.915. The summed E-state index contributed by atoms with van der Waals surface area (Å²) in [6.45, 7) is 6.45. The van der Waals surface area contributed by atoms with Crippen LogP contribution in [0.2, 0.25) is 0 Å². The molecule has 0 aromatic carbocycles. The summed E-state index contributed by atoms with van der Waals surface area (Å²) < 4.78 is 0. The molecule has 0 radical (unpaired) electrons. The summed E-state index contributed by atoms with van der Waals surface area (Å²) in [7, 11) is 0. The molecule has 1 aliphatic carbocycles. The lowest BCUT2D eigenvalue weighted by Crippen LogP contribution is -2.87. The van der Waals surface area contributed by atoms with Gasteiger partial charge in [-0.2, -0.15) is 0 Å². The highest BCUT2D eigenvalue weighted by Crippen LogP contribution is 2.56. The third-order valence-electron chi connectivity index (χ3n) is 4.40. The Bertz CT molecular complexity index is 306. The van der Waals surface area contributed by atoms with Crippen molar-refractivity contribution in [2.75, 3.05) is 0 Å². The molecular formula is C10H17N2O+. The molecule has 2 aliphatic rings. The van der Waals surface area contributed by atoms with E-state index in [2.05, 4.69) is 25.8 Å². The van der Waals surface area contributed by atoms with Crippen LogP contribution in [0, 0.1) is 16.7 Å². The zero-order chi connectivity index (χ0) is 9.85. The number of hydrogen-bond acceptors (Lipinski definition) is 2. The highest BCUT2D eigenvalue weighted by molar-refractivity contribution is 5.91. The van der Waals surface area contributed by atoms with Crippen LogP contribution >= 0.6 is 0 Å². The highest BCUT2D eigenvalue weighted by atomic mass is 16.1. The van der Waals surface area contributed by atoms with Crippen LogP contribution in [0.3, 0.4) is 0 Å². The summed E-state index contributed by atoms with van der Waals surface area (Å²) in [5, 5.41) is 0. The summed E-state index contributed by atoms with van der Waals surface area (Å²) in [4.78, 5) is 14.4. The summed E-state index contributed by atoms with van der Waals surface area (Å²) >= 11 is 0. The third-order valence-corrected chi connectivity index (χ3v) is 4.40. The Labute approximate surface area is 78.4 Å². The number of carbonyl (C=O) groups is 1. The maximum atomic E-state index is 11.6. The van der Waals surface area contributed by atoms with Crippen molar-refractivity contribution in [3.05, 3.63) is 0 Å². The molecule has 2 bridgehead atoms. The van der Waals surface area contributed by atoms with Crippen LogP contribution in [-0.4, -0.2) is 11.7 Å². The van der Waals surface area contributed by atoms with Gasteiger partial charge in [0.25, 0.3) is 5.84 Å². The molecule has 0 saturated heterocycles. The summed E-state index contributed by atoms with van der Waals surface area (Å²) in [6, 6.07) is 0. The zero-order valence-electron chi connectivity index (χ0n) is 8.48. The molecule has 1 saturated carbocycles. The van der Waals surface area contributed by atoms with Crippen LogP contribution in [0.4, 0.5) is 0 Å². The molecule has 1 fully saturated rings. The number of amides is 1. The van der Waals surface area contributed by atoms with Gasteiger partial charge in [-0.25, -0.2) is 9.79 Å². The van der Waals surface area contributed by atoms with E-state index in [9.17, 15) is 4.79 Å². The lowest BCUT2D eigenvalue weighted by molar-refractivity contribution is -0.398. The van der Waals surface area contributed by atoms with Gasteiger partial charge >= 0.3 is 5.91 Å². The molecule has 72 valence electrons. The molecule has 0 spiro atoms. The predicted octanol–water partition coefficient (Wildman–Crippen LogP) is -0.593. The van der Waals surface area contributed by atoms with Gasteiger partial charge in [0.1, 0.15) is 0 Å². The Balaban J connectivity index is 2.59. The first-order valence-electron chi connectivity index (χ1n) is 4.83. The van der Waals surface area contributed by atoms with Crippen molar-refractivity contribution in [2.24, 2.45) is 22.5 Å². The van der Waals surface area contributed by atoms with Gasteiger partial charge in [0, 0.05) is 0 Å². The van der Waals surface area contributed by atoms with Gasteiger partial charge in [-0.3, -0.25) is 5.73 Å². The zero-order valence-corrected chi connectivity index (χ0v) is 8.48. The summed E-state index contributed by atoms with van der Waals surface area (Å²) in [6.07, 6.45) is 1.99. The van der Waals surface area contributed by atoms with Crippen LogP contribution in [-0.2, 0) is 4.79 Å². The first kappa shape index (κ1) is 8.73. The maximum absolute atomic E-state index is 11.6. The van der Waals surface area contributed by atoms with Gasteiger partial charge in [0.2, 0.25) is 0 Å². The minimum absolute atomic E-state index is 0.00836. The van der Waals surface area contributed by atoms with Crippen LogP contribution in [0.25, 0.3) is 0 Å². The lowest BCUT2D eigenvalue weighted by atomic mass is 9.63. The SMILES string of the molecule is CC1(C)[C@H]2CC[C@]1(C)C(N)=[NH+]C2=O. The van der Waals surface area contributed by atoms with E-state index < -0.39 is 0 Å². The molecule has 3 N–H and O–H groups in total.